The Morgan fingerprint density at radius 1 is 1.08 bits per heavy atom. The van der Waals surface area contributed by atoms with Crippen LogP contribution >= 0.6 is 0 Å². The molecule has 0 heterocycles. The van der Waals surface area contributed by atoms with Crippen LogP contribution in [0.4, 0.5) is 5.69 Å². The van der Waals surface area contributed by atoms with Gasteiger partial charge in [0.15, 0.2) is 0 Å². The number of aliphatic hydroxyl groups is 1. The molecule has 0 radical (unpaired) electrons. The molecule has 3 N–H and O–H groups in total. The first-order valence-corrected chi connectivity index (χ1v) is 8.90. The van der Waals surface area contributed by atoms with Gasteiger partial charge in [-0.25, -0.2) is 0 Å². The number of hydrogen-bond donors (Lipinski definition) is 3. The van der Waals surface area contributed by atoms with Gasteiger partial charge in [-0.2, -0.15) is 0 Å². The number of anilines is 1. The summed E-state index contributed by atoms with van der Waals surface area (Å²) in [4.78, 5) is 23.8. The molecule has 0 fully saturated rings. The van der Waals surface area contributed by atoms with E-state index in [4.69, 9.17) is 0 Å². The standard InChI is InChI=1S/C20H32N2O3/c1-14(2)17(23)10-11-21-18(24)12-15-6-8-16(9-7-15)22-19(25)13-20(3,4)5/h6-9,14,17,23H,10-13H2,1-5H3,(H,21,24)(H,22,25). The number of benzene rings is 1. The van der Waals surface area contributed by atoms with Gasteiger partial charge in [0.1, 0.15) is 0 Å². The predicted octanol–water partition coefficient (Wildman–Crippen LogP) is 3.13. The van der Waals surface area contributed by atoms with E-state index in [-0.39, 0.29) is 29.6 Å². The van der Waals surface area contributed by atoms with Crippen molar-refractivity contribution in [3.05, 3.63) is 29.8 Å². The molecule has 5 heteroatoms. The van der Waals surface area contributed by atoms with E-state index < -0.39 is 6.10 Å². The van der Waals surface area contributed by atoms with Crippen molar-refractivity contribution in [2.75, 3.05) is 11.9 Å². The van der Waals surface area contributed by atoms with Crippen LogP contribution in [0.2, 0.25) is 0 Å². The number of rotatable bonds is 8. The molecule has 1 unspecified atom stereocenters. The molecule has 1 rings (SSSR count). The molecule has 2 amide bonds. The molecule has 1 aromatic rings. The fourth-order valence-corrected chi connectivity index (χ4v) is 2.33. The summed E-state index contributed by atoms with van der Waals surface area (Å²) in [5.74, 6) is 0.111. The Balaban J connectivity index is 2.41. The van der Waals surface area contributed by atoms with Gasteiger partial charge in [-0.3, -0.25) is 9.59 Å². The van der Waals surface area contributed by atoms with Crippen molar-refractivity contribution in [1.82, 2.24) is 5.32 Å². The smallest absolute Gasteiger partial charge is 0.224 e. The molecule has 0 spiro atoms. The fourth-order valence-electron chi connectivity index (χ4n) is 2.33. The van der Waals surface area contributed by atoms with Crippen molar-refractivity contribution in [1.29, 1.82) is 0 Å². The first-order chi connectivity index (χ1) is 11.6. The van der Waals surface area contributed by atoms with E-state index in [1.54, 1.807) is 0 Å². The summed E-state index contributed by atoms with van der Waals surface area (Å²) in [5, 5.41) is 15.4. The van der Waals surface area contributed by atoms with Crippen LogP contribution in [0.5, 0.6) is 0 Å². The highest BCUT2D eigenvalue weighted by molar-refractivity contribution is 5.91. The van der Waals surface area contributed by atoms with Gasteiger partial charge in [-0.05, 0) is 35.4 Å². The highest BCUT2D eigenvalue weighted by Crippen LogP contribution is 2.19. The van der Waals surface area contributed by atoms with E-state index in [0.29, 0.717) is 19.4 Å². The maximum absolute atomic E-state index is 11.9. The largest absolute Gasteiger partial charge is 0.393 e. The van der Waals surface area contributed by atoms with E-state index in [1.165, 1.54) is 0 Å². The summed E-state index contributed by atoms with van der Waals surface area (Å²) in [6, 6.07) is 7.31. The summed E-state index contributed by atoms with van der Waals surface area (Å²) < 4.78 is 0. The number of aliphatic hydroxyl groups excluding tert-OH is 1. The molecule has 1 atom stereocenters. The van der Waals surface area contributed by atoms with Crippen LogP contribution in [-0.2, 0) is 16.0 Å². The monoisotopic (exact) mass is 348 g/mol. The summed E-state index contributed by atoms with van der Waals surface area (Å²) in [7, 11) is 0. The average Bonchev–Trinajstić information content (AvgIpc) is 2.47. The van der Waals surface area contributed by atoms with E-state index >= 15 is 0 Å². The number of carbonyl (C=O) groups excluding carboxylic acids is 2. The Morgan fingerprint density at radius 2 is 1.68 bits per heavy atom. The van der Waals surface area contributed by atoms with Gasteiger partial charge in [-0.1, -0.05) is 46.8 Å². The second-order valence-electron chi connectivity index (χ2n) is 8.11. The molecular formula is C20H32N2O3. The van der Waals surface area contributed by atoms with Gasteiger partial charge in [0.25, 0.3) is 0 Å². The van der Waals surface area contributed by atoms with E-state index in [1.807, 2.05) is 58.9 Å². The van der Waals surface area contributed by atoms with Crippen molar-refractivity contribution >= 4 is 17.5 Å². The number of nitrogens with one attached hydrogen (secondary N) is 2. The first-order valence-electron chi connectivity index (χ1n) is 8.90. The Hall–Kier alpha value is -1.88. The van der Waals surface area contributed by atoms with Crippen LogP contribution < -0.4 is 10.6 Å². The molecule has 0 aliphatic heterocycles. The zero-order valence-electron chi connectivity index (χ0n) is 16.1. The van der Waals surface area contributed by atoms with E-state index in [2.05, 4.69) is 10.6 Å². The number of carbonyl (C=O) groups is 2. The Kier molecular flexibility index (Phi) is 8.10. The molecular weight excluding hydrogens is 316 g/mol. The lowest BCUT2D eigenvalue weighted by molar-refractivity contribution is -0.120. The maximum atomic E-state index is 11.9. The molecule has 25 heavy (non-hydrogen) atoms. The van der Waals surface area contributed by atoms with Crippen molar-refractivity contribution in [2.24, 2.45) is 11.3 Å². The van der Waals surface area contributed by atoms with Crippen molar-refractivity contribution < 1.29 is 14.7 Å². The van der Waals surface area contributed by atoms with E-state index in [9.17, 15) is 14.7 Å². The summed E-state index contributed by atoms with van der Waals surface area (Å²) in [6.07, 6.45) is 0.909. The minimum absolute atomic E-state index is 0.0123. The highest BCUT2D eigenvalue weighted by atomic mass is 16.3. The lowest BCUT2D eigenvalue weighted by Crippen LogP contribution is -2.29. The van der Waals surface area contributed by atoms with Gasteiger partial charge < -0.3 is 15.7 Å². The molecule has 1 aromatic carbocycles. The number of hydrogen-bond acceptors (Lipinski definition) is 3. The second kappa shape index (κ2) is 9.56. The normalized spacial score (nSPS) is 12.8. The fraction of sp³-hybridized carbons (Fsp3) is 0.600. The minimum Gasteiger partial charge on any atom is -0.393 e. The zero-order valence-corrected chi connectivity index (χ0v) is 16.1. The SMILES string of the molecule is CC(C)C(O)CCNC(=O)Cc1ccc(NC(=O)CC(C)(C)C)cc1. The summed E-state index contributed by atoms with van der Waals surface area (Å²) >= 11 is 0. The first kappa shape index (κ1) is 21.2. The van der Waals surface area contributed by atoms with E-state index in [0.717, 1.165) is 11.3 Å². The Bertz CT molecular complexity index is 559. The van der Waals surface area contributed by atoms with Crippen LogP contribution in [0.3, 0.4) is 0 Å². The van der Waals surface area contributed by atoms with Gasteiger partial charge in [0, 0.05) is 18.7 Å². The van der Waals surface area contributed by atoms with Crippen LogP contribution in [0.1, 0.15) is 53.0 Å². The van der Waals surface area contributed by atoms with Gasteiger partial charge in [0.2, 0.25) is 11.8 Å². The molecule has 0 saturated carbocycles. The van der Waals surface area contributed by atoms with Crippen molar-refractivity contribution in [3.63, 3.8) is 0 Å². The highest BCUT2D eigenvalue weighted by Gasteiger charge is 2.16. The third kappa shape index (κ3) is 9.25. The lowest BCUT2D eigenvalue weighted by atomic mass is 9.92. The molecule has 0 aromatic heterocycles. The van der Waals surface area contributed by atoms with Crippen molar-refractivity contribution in [3.8, 4) is 0 Å². The molecule has 5 nitrogen and oxygen atoms in total. The minimum atomic E-state index is -0.392. The molecule has 140 valence electrons. The quantitative estimate of drug-likeness (QED) is 0.675. The number of amides is 2. The average molecular weight is 348 g/mol. The van der Waals surface area contributed by atoms with Crippen LogP contribution in [0.15, 0.2) is 24.3 Å². The van der Waals surface area contributed by atoms with Crippen LogP contribution in [-0.4, -0.2) is 29.6 Å². The van der Waals surface area contributed by atoms with Gasteiger partial charge in [-0.15, -0.1) is 0 Å². The topological polar surface area (TPSA) is 78.4 Å². The lowest BCUT2D eigenvalue weighted by Gasteiger charge is -2.17. The summed E-state index contributed by atoms with van der Waals surface area (Å²) in [5.41, 5.74) is 1.57. The predicted molar refractivity (Wildman–Crippen MR) is 101 cm³/mol. The van der Waals surface area contributed by atoms with Crippen molar-refractivity contribution in [2.45, 2.75) is 60.0 Å². The Morgan fingerprint density at radius 3 is 2.20 bits per heavy atom. The van der Waals surface area contributed by atoms with Gasteiger partial charge >= 0.3 is 0 Å². The summed E-state index contributed by atoms with van der Waals surface area (Å²) in [6.45, 7) is 10.4. The Labute approximate surface area is 151 Å². The second-order valence-corrected chi connectivity index (χ2v) is 8.11. The molecule has 0 aliphatic rings. The molecule has 0 saturated heterocycles. The third-order valence-corrected chi connectivity index (χ3v) is 3.83. The van der Waals surface area contributed by atoms with Gasteiger partial charge in [0.05, 0.1) is 12.5 Å². The molecule has 0 aliphatic carbocycles. The van der Waals surface area contributed by atoms with Crippen LogP contribution in [0.25, 0.3) is 0 Å². The maximum Gasteiger partial charge on any atom is 0.224 e. The third-order valence-electron chi connectivity index (χ3n) is 3.83. The van der Waals surface area contributed by atoms with Crippen LogP contribution in [0, 0.1) is 11.3 Å². The zero-order chi connectivity index (χ0) is 19.0. The molecule has 0 bridgehead atoms.